The van der Waals surface area contributed by atoms with E-state index in [1.807, 2.05) is 68.6 Å². The fourth-order valence-electron chi connectivity index (χ4n) is 7.85. The highest BCUT2D eigenvalue weighted by Crippen LogP contribution is 2.46. The zero-order chi connectivity index (χ0) is 43.3. The number of pyridine rings is 1. The van der Waals surface area contributed by atoms with E-state index in [-0.39, 0.29) is 31.2 Å². The van der Waals surface area contributed by atoms with Crippen LogP contribution >= 0.6 is 22.9 Å². The van der Waals surface area contributed by atoms with Crippen molar-refractivity contribution in [2.75, 3.05) is 19.0 Å². The van der Waals surface area contributed by atoms with Crippen molar-refractivity contribution in [3.63, 3.8) is 0 Å². The molecule has 3 aromatic carbocycles. The van der Waals surface area contributed by atoms with Gasteiger partial charge in [0.15, 0.2) is 5.13 Å². The normalized spacial score (nSPS) is 21.7. The quantitative estimate of drug-likeness (QED) is 0.0968. The number of nitrogens with one attached hydrogen (secondary N) is 3. The van der Waals surface area contributed by atoms with Crippen LogP contribution in [0.2, 0.25) is 5.02 Å². The molecule has 1 aliphatic heterocycles. The van der Waals surface area contributed by atoms with Gasteiger partial charge in [0.05, 0.1) is 30.8 Å². The summed E-state index contributed by atoms with van der Waals surface area (Å²) >= 11 is 7.77. The molecule has 3 aliphatic rings. The number of fused-ring (bicyclic) bond motifs is 1. The van der Waals surface area contributed by atoms with Crippen molar-refractivity contribution in [2.24, 2.45) is 11.3 Å². The minimum atomic E-state index is -3.90. The number of hydrogen-bond donors (Lipinski definition) is 3. The summed E-state index contributed by atoms with van der Waals surface area (Å²) in [6, 6.07) is 21.5. The Kier molecular flexibility index (Phi) is 11.3. The van der Waals surface area contributed by atoms with Gasteiger partial charge in [0, 0.05) is 39.1 Å². The molecule has 5 atom stereocenters. The van der Waals surface area contributed by atoms with Crippen molar-refractivity contribution in [1.82, 2.24) is 24.9 Å². The fraction of sp³-hybridized carbons (Fsp3) is 0.356. The van der Waals surface area contributed by atoms with Gasteiger partial charge in [-0.2, -0.15) is 0 Å². The molecule has 318 valence electrons. The van der Waals surface area contributed by atoms with Gasteiger partial charge >= 0.3 is 0 Å². The molecular formula is C45H47ClN6O7S2. The first-order chi connectivity index (χ1) is 29.1. The maximum Gasteiger partial charge on any atom is 0.259 e. The first-order valence-electron chi connectivity index (χ1n) is 20.1. The number of amides is 3. The van der Waals surface area contributed by atoms with Crippen LogP contribution in [0.15, 0.2) is 97.0 Å². The number of hydrogen-bond acceptors (Lipinski definition) is 11. The van der Waals surface area contributed by atoms with Crippen LogP contribution in [0.1, 0.15) is 46.5 Å². The Balaban J connectivity index is 1.07. The molecule has 13 nitrogen and oxygen atoms in total. The zero-order valence-electron chi connectivity index (χ0n) is 34.2. The third-order valence-electron chi connectivity index (χ3n) is 11.5. The largest absolute Gasteiger partial charge is 0.494 e. The van der Waals surface area contributed by atoms with Gasteiger partial charge in [-0.25, -0.2) is 18.4 Å². The number of thiazole rings is 1. The van der Waals surface area contributed by atoms with E-state index in [0.717, 1.165) is 22.4 Å². The number of sulfonamides is 1. The number of likely N-dealkylation sites (tertiary alicyclic amines) is 1. The molecule has 1 saturated heterocycles. The topological polar surface area (TPSA) is 169 Å². The first-order valence-corrected chi connectivity index (χ1v) is 22.9. The highest BCUT2D eigenvalue weighted by molar-refractivity contribution is 7.91. The van der Waals surface area contributed by atoms with E-state index in [0.29, 0.717) is 39.5 Å². The highest BCUT2D eigenvalue weighted by Gasteiger charge is 2.62. The van der Waals surface area contributed by atoms with E-state index in [1.165, 1.54) is 35.6 Å². The van der Waals surface area contributed by atoms with Gasteiger partial charge in [0.25, 0.3) is 5.91 Å². The van der Waals surface area contributed by atoms with Crippen molar-refractivity contribution in [2.45, 2.75) is 75.4 Å². The Morgan fingerprint density at radius 2 is 1.72 bits per heavy atom. The molecule has 3 heterocycles. The monoisotopic (exact) mass is 882 g/mol. The lowest BCUT2D eigenvalue weighted by molar-refractivity contribution is -0.141. The zero-order valence-corrected chi connectivity index (χ0v) is 36.6. The van der Waals surface area contributed by atoms with Crippen molar-refractivity contribution in [1.29, 1.82) is 0 Å². The van der Waals surface area contributed by atoms with Crippen molar-refractivity contribution < 1.29 is 32.3 Å². The minimum Gasteiger partial charge on any atom is -0.494 e. The van der Waals surface area contributed by atoms with Gasteiger partial charge in [0.2, 0.25) is 27.7 Å². The second-order valence-electron chi connectivity index (χ2n) is 16.9. The molecule has 16 heteroatoms. The average Bonchev–Trinajstić information content (AvgIpc) is 4.13. The number of anilines is 1. The standard InChI is InChI=1S/C45H47ClN6O7S2/c1-6-29-22-45(29,42(55)51-61(56,57)32-17-18-32)50-39(53)36-21-31(59-40-34-20-30(46)16-19-33(34)37(58-5)23-47-40)24-52(36)41(54)38(44(2,3)4)49-43-48-35(25-60-43)28-14-12-27(13-15-28)26-10-8-7-9-11-26/h6-16,19-20,23,25,29,31-32,36,38H,1,17-18,21-22,24H2,2-5H3,(H,48,49)(H,50,53)(H,51,55)/t29-,31-,36+,38-,45-/m1/s1. The van der Waals surface area contributed by atoms with Crippen LogP contribution in [-0.2, 0) is 24.4 Å². The number of carbonyl (C=O) groups is 3. The highest BCUT2D eigenvalue weighted by atomic mass is 35.5. The predicted molar refractivity (Wildman–Crippen MR) is 237 cm³/mol. The molecule has 5 aromatic rings. The minimum absolute atomic E-state index is 0.00201. The van der Waals surface area contributed by atoms with Crippen molar-refractivity contribution in [3.8, 4) is 34.0 Å². The molecule has 0 radical (unpaired) electrons. The number of rotatable bonds is 14. The second-order valence-corrected chi connectivity index (χ2v) is 20.2. The summed E-state index contributed by atoms with van der Waals surface area (Å²) in [6.07, 6.45) is 3.47. The molecule has 3 fully saturated rings. The number of halogens is 1. The number of benzene rings is 3. The molecule has 3 N–H and O–H groups in total. The molecule has 2 aliphatic carbocycles. The molecule has 61 heavy (non-hydrogen) atoms. The molecule has 0 bridgehead atoms. The molecule has 8 rings (SSSR count). The van der Waals surface area contributed by atoms with Crippen LogP contribution in [0.4, 0.5) is 5.13 Å². The van der Waals surface area contributed by atoms with Crippen LogP contribution in [0.25, 0.3) is 33.2 Å². The van der Waals surface area contributed by atoms with Gasteiger partial charge in [-0.15, -0.1) is 17.9 Å². The number of methoxy groups -OCH3 is 1. The van der Waals surface area contributed by atoms with Gasteiger partial charge in [-0.3, -0.25) is 19.1 Å². The summed E-state index contributed by atoms with van der Waals surface area (Å²) in [4.78, 5) is 54.0. The summed E-state index contributed by atoms with van der Waals surface area (Å²) in [5.74, 6) is -1.59. The molecule has 2 aromatic heterocycles. The van der Waals surface area contributed by atoms with Crippen molar-refractivity contribution in [3.05, 3.63) is 102 Å². The first kappa shape index (κ1) is 42.2. The van der Waals surface area contributed by atoms with E-state index < -0.39 is 62.1 Å². The average molecular weight is 883 g/mol. The summed E-state index contributed by atoms with van der Waals surface area (Å²) < 4.78 is 39.9. The maximum atomic E-state index is 15.0. The number of nitrogens with zero attached hydrogens (tertiary/aromatic N) is 3. The van der Waals surface area contributed by atoms with Crippen LogP contribution in [0.3, 0.4) is 0 Å². The van der Waals surface area contributed by atoms with Crippen LogP contribution in [0, 0.1) is 11.3 Å². The Bertz CT molecular complexity index is 2610. The van der Waals surface area contributed by atoms with E-state index in [4.69, 9.17) is 26.1 Å². The van der Waals surface area contributed by atoms with Gasteiger partial charge in [-0.1, -0.05) is 93.0 Å². The lowest BCUT2D eigenvalue weighted by atomic mass is 9.85. The summed E-state index contributed by atoms with van der Waals surface area (Å²) in [7, 11) is -2.37. The van der Waals surface area contributed by atoms with Crippen molar-refractivity contribution >= 4 is 66.6 Å². The summed E-state index contributed by atoms with van der Waals surface area (Å²) in [5, 5.41) is 9.81. The molecular weight excluding hydrogens is 836 g/mol. The molecule has 0 spiro atoms. The Morgan fingerprint density at radius 3 is 2.38 bits per heavy atom. The molecule has 0 unspecified atom stereocenters. The third kappa shape index (κ3) is 8.68. The predicted octanol–water partition coefficient (Wildman–Crippen LogP) is 7.23. The summed E-state index contributed by atoms with van der Waals surface area (Å²) in [5.41, 5.74) is 1.63. The Morgan fingerprint density at radius 1 is 1.02 bits per heavy atom. The van der Waals surface area contributed by atoms with Gasteiger partial charge < -0.3 is 25.0 Å². The molecule has 3 amide bonds. The lowest BCUT2D eigenvalue weighted by Crippen LogP contribution is -2.58. The van der Waals surface area contributed by atoms with E-state index in [1.54, 1.807) is 18.2 Å². The number of carbonyl (C=O) groups excluding carboxylic acids is 3. The SMILES string of the molecule is C=C[C@@H]1C[C@]1(NC(=O)[C@@H]1C[C@@H](Oc2ncc(OC)c3ccc(Cl)cc23)CN1C(=O)[C@@H](Nc1nc(-c2ccc(-c3ccccc3)cc2)cs1)C(C)(C)C)C(=O)NS(=O)(=O)C1CC1. The molecule has 2 saturated carbocycles. The summed E-state index contributed by atoms with van der Waals surface area (Å²) in [6.45, 7) is 9.59. The Labute approximate surface area is 364 Å². The van der Waals surface area contributed by atoms with Crippen LogP contribution < -0.4 is 24.8 Å². The smallest absolute Gasteiger partial charge is 0.259 e. The van der Waals surface area contributed by atoms with E-state index in [2.05, 4.69) is 39.1 Å². The van der Waals surface area contributed by atoms with Gasteiger partial charge in [-0.05, 0) is 54.0 Å². The van der Waals surface area contributed by atoms with Crippen LogP contribution in [-0.4, -0.2) is 83.6 Å². The van der Waals surface area contributed by atoms with E-state index in [9.17, 15) is 22.8 Å². The van der Waals surface area contributed by atoms with Crippen LogP contribution in [0.5, 0.6) is 11.6 Å². The third-order valence-corrected chi connectivity index (χ3v) is 14.4. The second kappa shape index (κ2) is 16.4. The van der Waals surface area contributed by atoms with Gasteiger partial charge in [0.1, 0.15) is 29.5 Å². The number of ether oxygens (including phenoxy) is 2. The van der Waals surface area contributed by atoms with E-state index >= 15 is 0 Å². The number of aromatic nitrogens is 2. The fourth-order valence-corrected chi connectivity index (χ4v) is 10.1. The Hall–Kier alpha value is -5.51. The lowest BCUT2D eigenvalue weighted by Gasteiger charge is -2.35. The maximum absolute atomic E-state index is 15.0.